The molecule has 7 heteroatoms. The number of fused-ring (bicyclic) bond motifs is 1. The van der Waals surface area contributed by atoms with E-state index in [0.717, 1.165) is 8.97 Å². The van der Waals surface area contributed by atoms with Crippen molar-refractivity contribution in [1.82, 2.24) is 3.97 Å². The fourth-order valence-corrected chi connectivity index (χ4v) is 4.96. The van der Waals surface area contributed by atoms with Gasteiger partial charge >= 0.3 is 5.97 Å². The Bertz CT molecular complexity index is 1000. The average molecular weight is 471 g/mol. The molecule has 3 rings (SSSR count). The molecule has 0 N–H and O–H groups in total. The number of nitrogens with zero attached hydrogens (tertiary/aromatic N) is 1. The van der Waals surface area contributed by atoms with Crippen molar-refractivity contribution in [2.24, 2.45) is 0 Å². The van der Waals surface area contributed by atoms with Crippen LogP contribution in [0, 0.1) is 0 Å². The Morgan fingerprint density at radius 2 is 2.08 bits per heavy atom. The highest BCUT2D eigenvalue weighted by Crippen LogP contribution is 2.35. The van der Waals surface area contributed by atoms with Crippen molar-refractivity contribution in [3.63, 3.8) is 0 Å². The van der Waals surface area contributed by atoms with Gasteiger partial charge in [0, 0.05) is 15.2 Å². The molecule has 1 aliphatic rings. The molecule has 1 unspecified atom stereocenters. The highest BCUT2D eigenvalue weighted by Gasteiger charge is 2.39. The van der Waals surface area contributed by atoms with Gasteiger partial charge in [0.1, 0.15) is 4.75 Å². The minimum Gasteiger partial charge on any atom is -0.469 e. The van der Waals surface area contributed by atoms with Crippen LogP contribution in [0.25, 0.3) is 10.9 Å². The van der Waals surface area contributed by atoms with Crippen molar-refractivity contribution in [3.05, 3.63) is 57.8 Å². The number of esters is 1. The van der Waals surface area contributed by atoms with E-state index in [0.29, 0.717) is 17.5 Å². The lowest BCUT2D eigenvalue weighted by Crippen LogP contribution is -2.38. The number of carbonyl (C=O) groups excluding carboxylic acids is 1. The zero-order valence-corrected chi connectivity index (χ0v) is 16.9. The molecular weight excluding hydrogens is 453 g/mol. The van der Waals surface area contributed by atoms with E-state index in [4.69, 9.17) is 4.74 Å². The van der Waals surface area contributed by atoms with Gasteiger partial charge in [0.2, 0.25) is 10.0 Å². The highest BCUT2D eigenvalue weighted by molar-refractivity contribution is 14.1. The topological polar surface area (TPSA) is 65.4 Å². The van der Waals surface area contributed by atoms with Crippen LogP contribution < -0.4 is 0 Å². The molecule has 1 heterocycles. The van der Waals surface area contributed by atoms with E-state index in [1.165, 1.54) is 11.1 Å². The third kappa shape index (κ3) is 3.15. The molecule has 5 nitrogen and oxygen atoms in total. The number of hydrogen-bond acceptors (Lipinski definition) is 4. The number of methoxy groups -OCH3 is 1. The van der Waals surface area contributed by atoms with Gasteiger partial charge in [-0.05, 0) is 47.6 Å². The summed E-state index contributed by atoms with van der Waals surface area (Å²) in [4.78, 5) is 11.7. The molecule has 0 aliphatic heterocycles. The van der Waals surface area contributed by atoms with Gasteiger partial charge in [-0.2, -0.15) is 0 Å². The first-order valence-corrected chi connectivity index (χ1v) is 10.3. The van der Waals surface area contributed by atoms with Crippen molar-refractivity contribution in [1.29, 1.82) is 0 Å². The van der Waals surface area contributed by atoms with Gasteiger partial charge < -0.3 is 4.74 Å². The first-order chi connectivity index (χ1) is 11.8. The number of para-hydroxylation sites is 1. The number of halogens is 1. The molecule has 1 aromatic carbocycles. The van der Waals surface area contributed by atoms with Crippen molar-refractivity contribution in [2.45, 2.75) is 24.5 Å². The molecule has 132 valence electrons. The SMILES string of the molecule is COC(=O)Cc1cn(S(=O)(=O)C2(C)C=CC(I)=CC2)c2ccccc12. The minimum atomic E-state index is -3.70. The molecule has 0 fully saturated rings. The number of allylic oxidation sites excluding steroid dienone is 3. The first kappa shape index (κ1) is 18.2. The molecule has 0 saturated carbocycles. The smallest absolute Gasteiger partial charge is 0.310 e. The molecule has 25 heavy (non-hydrogen) atoms. The van der Waals surface area contributed by atoms with Gasteiger partial charge in [-0.1, -0.05) is 36.4 Å². The van der Waals surface area contributed by atoms with Gasteiger partial charge in [0.25, 0.3) is 0 Å². The highest BCUT2D eigenvalue weighted by atomic mass is 127. The summed E-state index contributed by atoms with van der Waals surface area (Å²) in [6, 6.07) is 7.19. The Hall–Kier alpha value is -1.61. The lowest BCUT2D eigenvalue weighted by atomic mass is 10.0. The Kier molecular flexibility index (Phi) is 4.80. The molecule has 0 bridgehead atoms. The summed E-state index contributed by atoms with van der Waals surface area (Å²) < 4.78 is 32.7. The summed E-state index contributed by atoms with van der Waals surface area (Å²) in [7, 11) is -2.38. The van der Waals surface area contributed by atoms with Crippen LogP contribution in [0.5, 0.6) is 0 Å². The summed E-state index contributed by atoms with van der Waals surface area (Å²) in [5.74, 6) is -0.401. The molecular formula is C18H18INO4S. The predicted octanol–water partition coefficient (Wildman–Crippen LogP) is 3.57. The number of rotatable bonds is 4. The molecule has 0 saturated heterocycles. The van der Waals surface area contributed by atoms with Crippen LogP contribution in [-0.2, 0) is 26.0 Å². The molecule has 0 radical (unpaired) electrons. The average Bonchev–Trinajstić information content (AvgIpc) is 2.97. The van der Waals surface area contributed by atoms with Gasteiger partial charge in [-0.15, -0.1) is 0 Å². The normalized spacial score (nSPS) is 20.5. The van der Waals surface area contributed by atoms with Gasteiger partial charge in [-0.25, -0.2) is 12.4 Å². The predicted molar refractivity (Wildman–Crippen MR) is 106 cm³/mol. The Labute approximate surface area is 160 Å². The number of benzene rings is 1. The third-order valence-electron chi connectivity index (χ3n) is 4.47. The molecule has 0 spiro atoms. The second-order valence-corrected chi connectivity index (χ2v) is 9.69. The zero-order chi connectivity index (χ0) is 18.2. The monoisotopic (exact) mass is 471 g/mol. The zero-order valence-electron chi connectivity index (χ0n) is 13.9. The van der Waals surface area contributed by atoms with E-state index in [9.17, 15) is 13.2 Å². The standard InChI is InChI=1S/C18H18INO4S/c1-18(9-7-14(19)8-10-18)25(22,23)20-12-13(11-17(21)24-2)15-5-3-4-6-16(15)20/h3-9,12H,10-11H2,1-2H3. The van der Waals surface area contributed by atoms with Crippen LogP contribution in [0.4, 0.5) is 0 Å². The summed E-state index contributed by atoms with van der Waals surface area (Å²) in [5.41, 5.74) is 1.21. The second-order valence-electron chi connectivity index (χ2n) is 6.16. The quantitative estimate of drug-likeness (QED) is 0.505. The number of hydrogen-bond donors (Lipinski definition) is 0. The van der Waals surface area contributed by atoms with Gasteiger partial charge in [-0.3, -0.25) is 4.79 Å². The van der Waals surface area contributed by atoms with Crippen molar-refractivity contribution < 1.29 is 17.9 Å². The summed E-state index contributed by atoms with van der Waals surface area (Å²) in [6.45, 7) is 1.72. The first-order valence-electron chi connectivity index (χ1n) is 7.74. The van der Waals surface area contributed by atoms with Gasteiger partial charge in [0.05, 0.1) is 19.0 Å². The van der Waals surface area contributed by atoms with Crippen molar-refractivity contribution in [3.8, 4) is 0 Å². The summed E-state index contributed by atoms with van der Waals surface area (Å²) in [5, 5.41) is 0.741. The maximum atomic E-state index is 13.4. The molecule has 2 aromatic rings. The minimum absolute atomic E-state index is 0.0316. The molecule has 1 atom stereocenters. The van der Waals surface area contributed by atoms with E-state index in [-0.39, 0.29) is 6.42 Å². The van der Waals surface area contributed by atoms with E-state index >= 15 is 0 Å². The van der Waals surface area contributed by atoms with Crippen LogP contribution in [0.2, 0.25) is 0 Å². The summed E-state index contributed by atoms with van der Waals surface area (Å²) >= 11 is 2.17. The molecule has 0 amide bonds. The third-order valence-corrected chi connectivity index (χ3v) is 7.57. The number of ether oxygens (including phenoxy) is 1. The van der Waals surface area contributed by atoms with Gasteiger partial charge in [0.15, 0.2) is 0 Å². The maximum Gasteiger partial charge on any atom is 0.310 e. The van der Waals surface area contributed by atoms with Crippen LogP contribution in [0.15, 0.2) is 52.3 Å². The second kappa shape index (κ2) is 6.60. The fraction of sp³-hybridized carbons (Fsp3) is 0.278. The van der Waals surface area contributed by atoms with Crippen LogP contribution >= 0.6 is 22.6 Å². The Balaban J connectivity index is 2.15. The van der Waals surface area contributed by atoms with E-state index < -0.39 is 20.7 Å². The molecule has 1 aliphatic carbocycles. The van der Waals surface area contributed by atoms with Crippen molar-refractivity contribution in [2.75, 3.05) is 7.11 Å². The fourth-order valence-electron chi connectivity index (χ4n) is 2.89. The van der Waals surface area contributed by atoms with Crippen LogP contribution in [0.3, 0.4) is 0 Å². The number of carbonyl (C=O) groups is 1. The molecule has 1 aromatic heterocycles. The summed E-state index contributed by atoms with van der Waals surface area (Å²) in [6.07, 6.45) is 7.45. The van der Waals surface area contributed by atoms with Crippen LogP contribution in [0.1, 0.15) is 18.9 Å². The lowest BCUT2D eigenvalue weighted by molar-refractivity contribution is -0.139. The van der Waals surface area contributed by atoms with E-state index in [1.54, 1.807) is 31.3 Å². The Morgan fingerprint density at radius 1 is 1.36 bits per heavy atom. The van der Waals surface area contributed by atoms with Crippen molar-refractivity contribution >= 4 is 49.5 Å². The maximum absolute atomic E-state index is 13.4. The number of aromatic nitrogens is 1. The van der Waals surface area contributed by atoms with E-state index in [1.807, 2.05) is 24.3 Å². The van der Waals surface area contributed by atoms with E-state index in [2.05, 4.69) is 22.6 Å². The van der Waals surface area contributed by atoms with Crippen LogP contribution in [-0.4, -0.2) is 30.2 Å². The lowest BCUT2D eigenvalue weighted by Gasteiger charge is -2.27. The Morgan fingerprint density at radius 3 is 2.72 bits per heavy atom. The largest absolute Gasteiger partial charge is 0.469 e.